The number of alkyl carbamates (subject to hydrolysis) is 1. The van der Waals surface area contributed by atoms with E-state index in [1.807, 2.05) is 44.2 Å². The molecule has 1 fully saturated rings. The van der Waals surface area contributed by atoms with Gasteiger partial charge in [-0.15, -0.1) is 0 Å². The summed E-state index contributed by atoms with van der Waals surface area (Å²) >= 11 is 0. The van der Waals surface area contributed by atoms with Crippen LogP contribution in [0, 0.1) is 13.8 Å². The summed E-state index contributed by atoms with van der Waals surface area (Å²) in [6, 6.07) is 9.38. The summed E-state index contributed by atoms with van der Waals surface area (Å²) < 4.78 is 6.92. The van der Waals surface area contributed by atoms with E-state index in [2.05, 4.69) is 10.4 Å². The average Bonchev–Trinajstić information content (AvgIpc) is 2.91. The van der Waals surface area contributed by atoms with Gasteiger partial charge in [0.25, 0.3) is 0 Å². The fraction of sp³-hybridized carbons (Fsp3) is 0.450. The number of aliphatic hydroxyl groups excluding tert-OH is 1. The predicted molar refractivity (Wildman–Crippen MR) is 103 cm³/mol. The van der Waals surface area contributed by atoms with Crippen molar-refractivity contribution in [2.24, 2.45) is 0 Å². The lowest BCUT2D eigenvalue weighted by molar-refractivity contribution is -0.135. The average molecular weight is 386 g/mol. The molecule has 2 heterocycles. The number of carbonyl (C=O) groups is 2. The Kier molecular flexibility index (Phi) is 6.30. The molecule has 1 aromatic carbocycles. The molecule has 2 N–H and O–H groups in total. The molecule has 0 atom stereocenters. The summed E-state index contributed by atoms with van der Waals surface area (Å²) in [7, 11) is 0. The normalized spacial score (nSPS) is 13.9. The molecule has 0 saturated carbocycles. The Hall–Kier alpha value is -2.87. The Bertz CT molecular complexity index is 828. The van der Waals surface area contributed by atoms with Gasteiger partial charge in [0.1, 0.15) is 6.61 Å². The van der Waals surface area contributed by atoms with Crippen molar-refractivity contribution in [2.45, 2.75) is 39.5 Å². The quantitative estimate of drug-likeness (QED) is 0.745. The van der Waals surface area contributed by atoms with Gasteiger partial charge in [0.05, 0.1) is 31.3 Å². The minimum absolute atomic E-state index is 0.00505. The second-order valence-electron chi connectivity index (χ2n) is 6.97. The summed E-state index contributed by atoms with van der Waals surface area (Å²) in [4.78, 5) is 26.1. The molecule has 2 amide bonds. The van der Waals surface area contributed by atoms with Crippen LogP contribution in [0.15, 0.2) is 30.3 Å². The van der Waals surface area contributed by atoms with Crippen LogP contribution in [0.2, 0.25) is 0 Å². The number of rotatable bonds is 7. The molecule has 0 bridgehead atoms. The van der Waals surface area contributed by atoms with Gasteiger partial charge in [-0.1, -0.05) is 30.3 Å². The van der Waals surface area contributed by atoms with Gasteiger partial charge in [-0.2, -0.15) is 5.10 Å². The monoisotopic (exact) mass is 386 g/mol. The number of carbonyl (C=O) groups excluding carboxylic acids is 2. The van der Waals surface area contributed by atoms with Gasteiger partial charge < -0.3 is 20.1 Å². The van der Waals surface area contributed by atoms with Crippen LogP contribution in [0.5, 0.6) is 0 Å². The van der Waals surface area contributed by atoms with Crippen molar-refractivity contribution in [3.05, 3.63) is 52.8 Å². The van der Waals surface area contributed by atoms with Crippen molar-refractivity contribution < 1.29 is 19.4 Å². The number of aryl methyl sites for hydroxylation is 1. The Morgan fingerprint density at radius 3 is 2.64 bits per heavy atom. The molecule has 3 rings (SSSR count). The first kappa shape index (κ1) is 19.9. The number of benzene rings is 1. The lowest BCUT2D eigenvalue weighted by Gasteiger charge is -2.39. The van der Waals surface area contributed by atoms with E-state index in [4.69, 9.17) is 9.84 Å². The van der Waals surface area contributed by atoms with Crippen molar-refractivity contribution in [1.29, 1.82) is 0 Å². The van der Waals surface area contributed by atoms with Gasteiger partial charge in [0.15, 0.2) is 0 Å². The number of nitrogens with zero attached hydrogens (tertiary/aromatic N) is 3. The Balaban J connectivity index is 1.42. The second kappa shape index (κ2) is 8.88. The molecule has 1 aliphatic heterocycles. The molecule has 28 heavy (non-hydrogen) atoms. The largest absolute Gasteiger partial charge is 0.445 e. The van der Waals surface area contributed by atoms with Crippen molar-refractivity contribution in [1.82, 2.24) is 20.0 Å². The molecule has 1 aromatic heterocycles. The van der Waals surface area contributed by atoms with Gasteiger partial charge in [0, 0.05) is 24.3 Å². The van der Waals surface area contributed by atoms with Crippen LogP contribution in [-0.2, 0) is 29.1 Å². The van der Waals surface area contributed by atoms with Crippen LogP contribution in [0.3, 0.4) is 0 Å². The zero-order valence-corrected chi connectivity index (χ0v) is 16.2. The first-order chi connectivity index (χ1) is 13.5. The highest BCUT2D eigenvalue weighted by molar-refractivity contribution is 5.80. The minimum Gasteiger partial charge on any atom is -0.445 e. The summed E-state index contributed by atoms with van der Waals surface area (Å²) in [5.74, 6) is 0.00505. The van der Waals surface area contributed by atoms with Crippen LogP contribution < -0.4 is 5.32 Å². The van der Waals surface area contributed by atoms with E-state index in [-0.39, 0.29) is 31.6 Å². The third-order valence-corrected chi connectivity index (χ3v) is 4.94. The molecule has 150 valence electrons. The Morgan fingerprint density at radius 1 is 1.25 bits per heavy atom. The maximum absolute atomic E-state index is 12.5. The van der Waals surface area contributed by atoms with Crippen molar-refractivity contribution in [3.63, 3.8) is 0 Å². The molecule has 0 unspecified atom stereocenters. The molecule has 0 radical (unpaired) electrons. The molecule has 1 saturated heterocycles. The highest BCUT2D eigenvalue weighted by Gasteiger charge is 2.32. The SMILES string of the molecule is Cc1nn(CCO)c(C)c1CC(=O)N1CC(NC(=O)OCc2ccccc2)C1. The highest BCUT2D eigenvalue weighted by atomic mass is 16.5. The zero-order valence-electron chi connectivity index (χ0n) is 16.2. The van der Waals surface area contributed by atoms with Crippen molar-refractivity contribution in [3.8, 4) is 0 Å². The third kappa shape index (κ3) is 4.69. The fourth-order valence-corrected chi connectivity index (χ4v) is 3.27. The van der Waals surface area contributed by atoms with E-state index in [9.17, 15) is 9.59 Å². The number of aromatic nitrogens is 2. The standard InChI is InChI=1S/C20H26N4O4/c1-14-18(15(2)24(22-14)8-9-25)10-19(26)23-11-17(12-23)21-20(27)28-13-16-6-4-3-5-7-16/h3-7,17,25H,8-13H2,1-2H3,(H,21,27). The van der Waals surface area contributed by atoms with Gasteiger partial charge in [-0.05, 0) is 19.4 Å². The number of amides is 2. The molecule has 0 aliphatic carbocycles. The number of hydrogen-bond donors (Lipinski definition) is 2. The van der Waals surface area contributed by atoms with Crippen molar-refractivity contribution >= 4 is 12.0 Å². The highest BCUT2D eigenvalue weighted by Crippen LogP contribution is 2.17. The lowest BCUT2D eigenvalue weighted by atomic mass is 10.1. The maximum Gasteiger partial charge on any atom is 0.407 e. The second-order valence-corrected chi connectivity index (χ2v) is 6.97. The lowest BCUT2D eigenvalue weighted by Crippen LogP contribution is -2.61. The maximum atomic E-state index is 12.5. The van der Waals surface area contributed by atoms with Gasteiger partial charge >= 0.3 is 6.09 Å². The first-order valence-corrected chi connectivity index (χ1v) is 9.36. The summed E-state index contributed by atoms with van der Waals surface area (Å²) in [6.45, 7) is 5.37. The van der Waals surface area contributed by atoms with Crippen LogP contribution in [0.4, 0.5) is 4.79 Å². The smallest absolute Gasteiger partial charge is 0.407 e. The van der Waals surface area contributed by atoms with E-state index in [1.165, 1.54) is 0 Å². The summed E-state index contributed by atoms with van der Waals surface area (Å²) in [5, 5.41) is 16.2. The molecular formula is C20H26N4O4. The topological polar surface area (TPSA) is 96.7 Å². The van der Waals surface area contributed by atoms with Gasteiger partial charge in [0.2, 0.25) is 5.91 Å². The fourth-order valence-electron chi connectivity index (χ4n) is 3.27. The van der Waals surface area contributed by atoms with Crippen LogP contribution in [-0.4, -0.2) is 57.5 Å². The molecule has 0 spiro atoms. The minimum atomic E-state index is -0.474. The van der Waals surface area contributed by atoms with E-state index >= 15 is 0 Å². The number of nitrogens with one attached hydrogen (secondary N) is 1. The molecule has 8 heteroatoms. The molecular weight excluding hydrogens is 360 g/mol. The van der Waals surface area contributed by atoms with Gasteiger partial charge in [-0.3, -0.25) is 9.48 Å². The number of aliphatic hydroxyl groups is 1. The molecule has 2 aromatic rings. The molecule has 1 aliphatic rings. The van der Waals surface area contributed by atoms with E-state index < -0.39 is 6.09 Å². The van der Waals surface area contributed by atoms with Crippen LogP contribution in [0.1, 0.15) is 22.5 Å². The molecule has 8 nitrogen and oxygen atoms in total. The summed E-state index contributed by atoms with van der Waals surface area (Å²) in [5.41, 5.74) is 3.53. The third-order valence-electron chi connectivity index (χ3n) is 4.94. The van der Waals surface area contributed by atoms with Crippen LogP contribution >= 0.6 is 0 Å². The Labute approximate surface area is 164 Å². The Morgan fingerprint density at radius 2 is 1.96 bits per heavy atom. The number of likely N-dealkylation sites (tertiary alicyclic amines) is 1. The first-order valence-electron chi connectivity index (χ1n) is 9.36. The van der Waals surface area contributed by atoms with E-state index in [0.717, 1.165) is 22.5 Å². The summed E-state index contributed by atoms with van der Waals surface area (Å²) in [6.07, 6.45) is -0.202. The van der Waals surface area contributed by atoms with E-state index in [0.29, 0.717) is 19.6 Å². The van der Waals surface area contributed by atoms with Gasteiger partial charge in [-0.25, -0.2) is 4.79 Å². The van der Waals surface area contributed by atoms with Crippen LogP contribution in [0.25, 0.3) is 0 Å². The zero-order chi connectivity index (χ0) is 20.1. The number of ether oxygens (including phenoxy) is 1. The van der Waals surface area contributed by atoms with E-state index in [1.54, 1.807) is 9.58 Å². The number of hydrogen-bond acceptors (Lipinski definition) is 5. The van der Waals surface area contributed by atoms with Crippen molar-refractivity contribution in [2.75, 3.05) is 19.7 Å². The predicted octanol–water partition coefficient (Wildman–Crippen LogP) is 1.17.